The maximum absolute atomic E-state index is 11.3. The predicted octanol–water partition coefficient (Wildman–Crippen LogP) is -1.03. The predicted molar refractivity (Wildman–Crippen MR) is 99.8 cm³/mol. The molecule has 1 aliphatic heterocycles. The van der Waals surface area contributed by atoms with E-state index in [4.69, 9.17) is 34.2 Å². The van der Waals surface area contributed by atoms with Gasteiger partial charge in [0.2, 0.25) is 0 Å². The van der Waals surface area contributed by atoms with E-state index in [1.54, 1.807) is 0 Å². The van der Waals surface area contributed by atoms with Crippen molar-refractivity contribution in [2.45, 2.75) is 0 Å². The molecule has 0 atom stereocenters. The Morgan fingerprint density at radius 3 is 1.25 bits per heavy atom. The van der Waals surface area contributed by atoms with Crippen LogP contribution in [-0.2, 0) is 38.0 Å². The number of carbonyl (C=O) groups excluding carboxylic acids is 2. The molecule has 0 saturated heterocycles. The average molecular weight is 404 g/mol. The molecule has 0 bridgehead atoms. The van der Waals surface area contributed by atoms with Crippen molar-refractivity contribution in [3.05, 3.63) is 12.2 Å². The van der Waals surface area contributed by atoms with Crippen LogP contribution < -0.4 is 5.73 Å². The van der Waals surface area contributed by atoms with Crippen LogP contribution in [-0.4, -0.2) is 109 Å². The first-order valence-electron chi connectivity index (χ1n) is 9.45. The molecule has 2 N–H and O–H groups in total. The van der Waals surface area contributed by atoms with E-state index in [0.29, 0.717) is 85.8 Å². The van der Waals surface area contributed by atoms with Gasteiger partial charge >= 0.3 is 0 Å². The third-order valence-electron chi connectivity index (χ3n) is 3.48. The van der Waals surface area contributed by atoms with E-state index in [-0.39, 0.29) is 18.4 Å². The fourth-order valence-corrected chi connectivity index (χ4v) is 2.09. The van der Waals surface area contributed by atoms with E-state index in [2.05, 4.69) is 0 Å². The topological polar surface area (TPSA) is 119 Å². The number of hydrogen-bond donors (Lipinski definition) is 1. The summed E-state index contributed by atoms with van der Waals surface area (Å²) in [5, 5.41) is 0. The van der Waals surface area contributed by atoms with Gasteiger partial charge in [0.05, 0.1) is 85.8 Å². The van der Waals surface area contributed by atoms with Gasteiger partial charge < -0.3 is 34.2 Å². The van der Waals surface area contributed by atoms with Crippen molar-refractivity contribution in [2.75, 3.05) is 92.4 Å². The standard InChI is InChI=1S/C18H32N2O8/c19-3-5-23-7-9-25-11-13-27-15-16-28-14-12-26-10-8-24-6-4-20-17(21)1-2-18(20)22/h1-2H,3-16,19H2. The highest BCUT2D eigenvalue weighted by Gasteiger charge is 2.22. The van der Waals surface area contributed by atoms with Gasteiger partial charge in [0.15, 0.2) is 0 Å². The summed E-state index contributed by atoms with van der Waals surface area (Å²) in [4.78, 5) is 23.8. The van der Waals surface area contributed by atoms with E-state index < -0.39 is 0 Å². The first-order chi connectivity index (χ1) is 13.8. The van der Waals surface area contributed by atoms with Crippen molar-refractivity contribution in [3.63, 3.8) is 0 Å². The Kier molecular flexibility index (Phi) is 15.6. The second-order valence-electron chi connectivity index (χ2n) is 5.62. The first-order valence-corrected chi connectivity index (χ1v) is 9.45. The number of imide groups is 1. The van der Waals surface area contributed by atoms with Crippen molar-refractivity contribution in [3.8, 4) is 0 Å². The van der Waals surface area contributed by atoms with Gasteiger partial charge in [0.25, 0.3) is 11.8 Å². The Morgan fingerprint density at radius 2 is 0.893 bits per heavy atom. The maximum Gasteiger partial charge on any atom is 0.253 e. The largest absolute Gasteiger partial charge is 0.378 e. The Morgan fingerprint density at radius 1 is 0.571 bits per heavy atom. The zero-order chi connectivity index (χ0) is 20.3. The summed E-state index contributed by atoms with van der Waals surface area (Å²) in [5.74, 6) is -0.599. The highest BCUT2D eigenvalue weighted by Crippen LogP contribution is 2.02. The molecule has 0 saturated carbocycles. The van der Waals surface area contributed by atoms with Crippen LogP contribution in [0.1, 0.15) is 0 Å². The van der Waals surface area contributed by atoms with Gasteiger partial charge in [0, 0.05) is 18.7 Å². The van der Waals surface area contributed by atoms with Crippen LogP contribution in [0.15, 0.2) is 12.2 Å². The summed E-state index contributed by atoms with van der Waals surface area (Å²) >= 11 is 0. The first kappa shape index (κ1) is 24.6. The summed E-state index contributed by atoms with van der Waals surface area (Å²) < 4.78 is 31.9. The van der Waals surface area contributed by atoms with Gasteiger partial charge in [-0.1, -0.05) is 0 Å². The minimum absolute atomic E-state index is 0.251. The van der Waals surface area contributed by atoms with Crippen molar-refractivity contribution >= 4 is 11.8 Å². The summed E-state index contributed by atoms with van der Waals surface area (Å²) in [6.45, 7) is 6.46. The lowest BCUT2D eigenvalue weighted by Crippen LogP contribution is -2.33. The third-order valence-corrected chi connectivity index (χ3v) is 3.48. The second-order valence-corrected chi connectivity index (χ2v) is 5.62. The van der Waals surface area contributed by atoms with Crippen LogP contribution in [0.4, 0.5) is 0 Å². The molecule has 0 aromatic carbocycles. The normalized spacial score (nSPS) is 13.8. The number of rotatable bonds is 20. The van der Waals surface area contributed by atoms with Crippen LogP contribution >= 0.6 is 0 Å². The van der Waals surface area contributed by atoms with E-state index in [0.717, 1.165) is 4.90 Å². The molecule has 0 aliphatic carbocycles. The molecule has 0 radical (unpaired) electrons. The minimum Gasteiger partial charge on any atom is -0.378 e. The van der Waals surface area contributed by atoms with E-state index >= 15 is 0 Å². The monoisotopic (exact) mass is 404 g/mol. The minimum atomic E-state index is -0.300. The summed E-state index contributed by atoms with van der Waals surface area (Å²) in [6, 6.07) is 0. The van der Waals surface area contributed by atoms with Crippen LogP contribution in [0, 0.1) is 0 Å². The Hall–Kier alpha value is -1.40. The fourth-order valence-electron chi connectivity index (χ4n) is 2.09. The van der Waals surface area contributed by atoms with E-state index in [1.807, 2.05) is 0 Å². The fraction of sp³-hybridized carbons (Fsp3) is 0.778. The Balaban J connectivity index is 1.70. The third kappa shape index (κ3) is 12.9. The average Bonchev–Trinajstić information content (AvgIpc) is 3.01. The molecule has 0 unspecified atom stereocenters. The SMILES string of the molecule is NCCOCCOCCOCCOCCOCCOCCN1C(=O)C=CC1=O. The van der Waals surface area contributed by atoms with E-state index in [1.165, 1.54) is 12.2 Å². The molecule has 1 rings (SSSR count). The molecule has 0 spiro atoms. The molecule has 10 heteroatoms. The number of amides is 2. The zero-order valence-electron chi connectivity index (χ0n) is 16.3. The van der Waals surface area contributed by atoms with Crippen molar-refractivity contribution in [2.24, 2.45) is 5.73 Å². The van der Waals surface area contributed by atoms with Gasteiger partial charge in [-0.2, -0.15) is 0 Å². The van der Waals surface area contributed by atoms with Gasteiger partial charge in [-0.05, 0) is 0 Å². The van der Waals surface area contributed by atoms with Crippen LogP contribution in [0.25, 0.3) is 0 Å². The number of nitrogens with two attached hydrogens (primary N) is 1. The second kappa shape index (κ2) is 17.7. The molecule has 2 amide bonds. The molecule has 10 nitrogen and oxygen atoms in total. The highest BCUT2D eigenvalue weighted by molar-refractivity contribution is 6.12. The summed E-state index contributed by atoms with van der Waals surface area (Å²) in [7, 11) is 0. The Bertz CT molecular complexity index is 429. The van der Waals surface area contributed by atoms with Crippen LogP contribution in [0.3, 0.4) is 0 Å². The lowest BCUT2D eigenvalue weighted by molar-refractivity contribution is -0.137. The number of nitrogens with zero attached hydrogens (tertiary/aromatic N) is 1. The Labute approximate surface area is 165 Å². The number of ether oxygens (including phenoxy) is 6. The van der Waals surface area contributed by atoms with Gasteiger partial charge in [-0.15, -0.1) is 0 Å². The van der Waals surface area contributed by atoms with Crippen molar-refractivity contribution < 1.29 is 38.0 Å². The number of hydrogen-bond acceptors (Lipinski definition) is 9. The lowest BCUT2D eigenvalue weighted by atomic mass is 10.5. The molecule has 0 aromatic heterocycles. The van der Waals surface area contributed by atoms with Gasteiger partial charge in [0.1, 0.15) is 0 Å². The van der Waals surface area contributed by atoms with Crippen LogP contribution in [0.2, 0.25) is 0 Å². The summed E-state index contributed by atoms with van der Waals surface area (Å²) in [5.41, 5.74) is 5.29. The molecule has 0 aromatic rings. The maximum atomic E-state index is 11.3. The summed E-state index contributed by atoms with van der Waals surface area (Å²) in [6.07, 6.45) is 2.51. The van der Waals surface area contributed by atoms with Gasteiger partial charge in [-0.3, -0.25) is 14.5 Å². The molecule has 0 fully saturated rings. The highest BCUT2D eigenvalue weighted by atomic mass is 16.6. The molecule has 162 valence electrons. The number of carbonyl (C=O) groups is 2. The smallest absolute Gasteiger partial charge is 0.253 e. The van der Waals surface area contributed by atoms with Gasteiger partial charge in [-0.25, -0.2) is 0 Å². The van der Waals surface area contributed by atoms with Crippen molar-refractivity contribution in [1.82, 2.24) is 4.90 Å². The molecule has 1 heterocycles. The van der Waals surface area contributed by atoms with Crippen molar-refractivity contribution in [1.29, 1.82) is 0 Å². The van der Waals surface area contributed by atoms with E-state index in [9.17, 15) is 9.59 Å². The molecular weight excluding hydrogens is 372 g/mol. The molecule has 28 heavy (non-hydrogen) atoms. The lowest BCUT2D eigenvalue weighted by Gasteiger charge is -2.13. The molecular formula is C18H32N2O8. The molecule has 1 aliphatic rings. The zero-order valence-corrected chi connectivity index (χ0v) is 16.3. The quantitative estimate of drug-likeness (QED) is 0.201. The van der Waals surface area contributed by atoms with Crippen LogP contribution in [0.5, 0.6) is 0 Å².